The van der Waals surface area contributed by atoms with Gasteiger partial charge in [-0.25, -0.2) is 0 Å². The van der Waals surface area contributed by atoms with Crippen LogP contribution in [0.15, 0.2) is 91.5 Å². The number of Topliss-reactive ketones (excluding diaryl/α,β-unsaturated/α-hetero) is 1. The van der Waals surface area contributed by atoms with Crippen molar-refractivity contribution in [3.8, 4) is 11.1 Å². The van der Waals surface area contributed by atoms with Crippen molar-refractivity contribution in [2.24, 2.45) is 5.92 Å². The third-order valence-corrected chi connectivity index (χ3v) is 8.27. The molecule has 4 aromatic carbocycles. The quantitative estimate of drug-likeness (QED) is 0.0628. The second kappa shape index (κ2) is 17.0. The number of hydrogen-bond acceptors (Lipinski definition) is 5. The third kappa shape index (κ3) is 9.11. The molecular weight excluding hydrogens is 578 g/mol. The van der Waals surface area contributed by atoms with Gasteiger partial charge in [0.2, 0.25) is 11.8 Å². The Labute approximate surface area is 270 Å². The molecular formula is C38H44N3O5+. The van der Waals surface area contributed by atoms with Crippen molar-refractivity contribution in [1.82, 2.24) is 10.6 Å². The Balaban J connectivity index is 1.53. The Hall–Kier alpha value is -4.82. The molecule has 5 N–H and O–H groups in total. The van der Waals surface area contributed by atoms with Crippen molar-refractivity contribution in [2.45, 2.75) is 57.5 Å². The van der Waals surface area contributed by atoms with E-state index in [4.69, 9.17) is 4.74 Å². The van der Waals surface area contributed by atoms with Crippen molar-refractivity contribution in [3.63, 3.8) is 0 Å². The van der Waals surface area contributed by atoms with Crippen LogP contribution in [0.1, 0.15) is 44.6 Å². The minimum atomic E-state index is -0.782. The van der Waals surface area contributed by atoms with Gasteiger partial charge in [0.25, 0.3) is 6.47 Å². The first kappa shape index (κ1) is 34.1. The SMILES string of the molecule is C=CC[C@@H](COC=O)NC(=O)[C@H](CCCC[NH3+])CC(=O)[C@H](Cc1ccc(-c2cc3ccccc3c3ccccc23)cc1)NC(C)=O. The van der Waals surface area contributed by atoms with Crippen molar-refractivity contribution in [1.29, 1.82) is 0 Å². The molecule has 0 aromatic heterocycles. The van der Waals surface area contributed by atoms with Crippen molar-refractivity contribution < 1.29 is 29.6 Å². The van der Waals surface area contributed by atoms with E-state index in [1.54, 1.807) is 6.08 Å². The predicted molar refractivity (Wildman–Crippen MR) is 182 cm³/mol. The van der Waals surface area contributed by atoms with Crippen LogP contribution in [0.3, 0.4) is 0 Å². The first-order chi connectivity index (χ1) is 22.3. The van der Waals surface area contributed by atoms with Crippen LogP contribution in [0.2, 0.25) is 0 Å². The van der Waals surface area contributed by atoms with Gasteiger partial charge < -0.3 is 21.1 Å². The average molecular weight is 623 g/mol. The summed E-state index contributed by atoms with van der Waals surface area (Å²) < 4.78 is 4.87. The van der Waals surface area contributed by atoms with Gasteiger partial charge in [0.15, 0.2) is 5.78 Å². The maximum atomic E-state index is 13.7. The van der Waals surface area contributed by atoms with Gasteiger partial charge in [-0.3, -0.25) is 19.2 Å². The molecule has 0 radical (unpaired) electrons. The lowest BCUT2D eigenvalue weighted by Gasteiger charge is -2.23. The first-order valence-corrected chi connectivity index (χ1v) is 15.9. The van der Waals surface area contributed by atoms with E-state index in [1.165, 1.54) is 17.7 Å². The Morgan fingerprint density at radius 2 is 1.61 bits per heavy atom. The number of carbonyl (C=O) groups is 4. The van der Waals surface area contributed by atoms with Crippen LogP contribution in [0.25, 0.3) is 32.7 Å². The number of carbonyl (C=O) groups excluding carboxylic acids is 4. The summed E-state index contributed by atoms with van der Waals surface area (Å²) in [6, 6.07) is 25.8. The molecule has 0 aliphatic rings. The molecule has 4 aromatic rings. The lowest BCUT2D eigenvalue weighted by Crippen LogP contribution is -2.50. The third-order valence-electron chi connectivity index (χ3n) is 8.27. The summed E-state index contributed by atoms with van der Waals surface area (Å²) in [6.45, 7) is 6.18. The zero-order chi connectivity index (χ0) is 32.9. The fraction of sp³-hybridized carbons (Fsp3) is 0.316. The zero-order valence-electron chi connectivity index (χ0n) is 26.5. The lowest BCUT2D eigenvalue weighted by atomic mass is 9.89. The molecule has 0 fully saturated rings. The monoisotopic (exact) mass is 622 g/mol. The summed E-state index contributed by atoms with van der Waals surface area (Å²) in [4.78, 5) is 49.9. The first-order valence-electron chi connectivity index (χ1n) is 15.9. The van der Waals surface area contributed by atoms with E-state index in [2.05, 4.69) is 77.5 Å². The van der Waals surface area contributed by atoms with E-state index in [1.807, 2.05) is 24.3 Å². The number of ketones is 1. The summed E-state index contributed by atoms with van der Waals surface area (Å²) in [6.07, 6.45) is 4.41. The van der Waals surface area contributed by atoms with Gasteiger partial charge in [-0.2, -0.15) is 0 Å². The molecule has 0 spiro atoms. The fourth-order valence-corrected chi connectivity index (χ4v) is 5.96. The number of quaternary nitrogens is 1. The molecule has 46 heavy (non-hydrogen) atoms. The van der Waals surface area contributed by atoms with E-state index < -0.39 is 18.0 Å². The summed E-state index contributed by atoms with van der Waals surface area (Å²) in [5.41, 5.74) is 6.96. The van der Waals surface area contributed by atoms with Gasteiger partial charge in [0.05, 0.1) is 18.6 Å². The highest BCUT2D eigenvalue weighted by Crippen LogP contribution is 2.35. The standard InChI is InChI=1S/C38H43N3O5/c1-3-10-31(24-46-25-42)41-38(45)30(12-8-9-20-39)23-37(44)36(40-26(2)43)21-27-16-18-28(19-17-27)35-22-29-11-4-5-13-32(29)33-14-6-7-15-34(33)35/h3-7,11,13-19,22,25,30-31,36H,1,8-10,12,20-21,23-24,39H2,2H3,(H,40,43)(H,41,45)/p+1/t30-,31+,36+/m1/s1. The van der Waals surface area contributed by atoms with Crippen LogP contribution in [0, 0.1) is 5.92 Å². The van der Waals surface area contributed by atoms with Crippen LogP contribution < -0.4 is 16.4 Å². The Morgan fingerprint density at radius 3 is 2.28 bits per heavy atom. The largest absolute Gasteiger partial charge is 0.466 e. The maximum absolute atomic E-state index is 13.7. The minimum absolute atomic E-state index is 0.0142. The molecule has 2 amide bonds. The average Bonchev–Trinajstić information content (AvgIpc) is 3.06. The van der Waals surface area contributed by atoms with Gasteiger partial charge in [-0.1, -0.05) is 78.9 Å². The van der Waals surface area contributed by atoms with Gasteiger partial charge in [-0.15, -0.1) is 6.58 Å². The molecule has 4 rings (SSSR count). The Bertz CT molecular complexity index is 1670. The highest BCUT2D eigenvalue weighted by molar-refractivity contribution is 6.13. The number of nitrogens with one attached hydrogen (secondary N) is 2. The molecule has 0 aliphatic carbocycles. The minimum Gasteiger partial charge on any atom is -0.466 e. The van der Waals surface area contributed by atoms with E-state index in [0.717, 1.165) is 46.8 Å². The number of unbranched alkanes of at least 4 members (excludes halogenated alkanes) is 1. The summed E-state index contributed by atoms with van der Waals surface area (Å²) in [5, 5.41) is 10.5. The number of fused-ring (bicyclic) bond motifs is 3. The highest BCUT2D eigenvalue weighted by Gasteiger charge is 2.28. The number of amides is 2. The smallest absolute Gasteiger partial charge is 0.293 e. The van der Waals surface area contributed by atoms with E-state index in [0.29, 0.717) is 25.7 Å². The fourth-order valence-electron chi connectivity index (χ4n) is 5.96. The van der Waals surface area contributed by atoms with Crippen molar-refractivity contribution in [3.05, 3.63) is 97.1 Å². The molecule has 0 aliphatic heterocycles. The summed E-state index contributed by atoms with van der Waals surface area (Å²) in [7, 11) is 0. The lowest BCUT2D eigenvalue weighted by molar-refractivity contribution is -0.368. The maximum Gasteiger partial charge on any atom is 0.293 e. The summed E-state index contributed by atoms with van der Waals surface area (Å²) >= 11 is 0. The van der Waals surface area contributed by atoms with Gasteiger partial charge in [0, 0.05) is 19.3 Å². The molecule has 240 valence electrons. The van der Waals surface area contributed by atoms with E-state index >= 15 is 0 Å². The highest BCUT2D eigenvalue weighted by atomic mass is 16.5. The van der Waals surface area contributed by atoms with Gasteiger partial charge in [0.1, 0.15) is 6.61 Å². The number of rotatable bonds is 18. The molecule has 0 saturated carbocycles. The second-order valence-corrected chi connectivity index (χ2v) is 11.7. The number of hydrogen-bond donors (Lipinski definition) is 3. The van der Waals surface area contributed by atoms with Crippen molar-refractivity contribution >= 4 is 45.6 Å². The predicted octanol–water partition coefficient (Wildman–Crippen LogP) is 4.93. The van der Waals surface area contributed by atoms with Crippen LogP contribution in [0.4, 0.5) is 0 Å². The molecule has 3 atom stereocenters. The molecule has 8 heteroatoms. The van der Waals surface area contributed by atoms with Crippen molar-refractivity contribution in [2.75, 3.05) is 13.2 Å². The molecule has 0 heterocycles. The van der Waals surface area contributed by atoms with Crippen LogP contribution in [0.5, 0.6) is 0 Å². The zero-order valence-corrected chi connectivity index (χ0v) is 26.5. The van der Waals surface area contributed by atoms with Gasteiger partial charge >= 0.3 is 0 Å². The van der Waals surface area contributed by atoms with Crippen LogP contribution in [-0.4, -0.2) is 49.3 Å². The van der Waals surface area contributed by atoms with Crippen LogP contribution in [-0.2, 0) is 30.3 Å². The Morgan fingerprint density at radius 1 is 0.913 bits per heavy atom. The summed E-state index contributed by atoms with van der Waals surface area (Å²) in [5.74, 6) is -1.40. The number of benzene rings is 4. The molecule has 8 nitrogen and oxygen atoms in total. The Kier molecular flexibility index (Phi) is 12.6. The molecule has 0 saturated heterocycles. The number of ether oxygens (including phenoxy) is 1. The van der Waals surface area contributed by atoms with Crippen LogP contribution >= 0.6 is 0 Å². The molecule has 0 bridgehead atoms. The normalized spacial score (nSPS) is 13.0. The van der Waals surface area contributed by atoms with Gasteiger partial charge in [-0.05, 0) is 76.4 Å². The van der Waals surface area contributed by atoms with E-state index in [9.17, 15) is 19.2 Å². The van der Waals surface area contributed by atoms with E-state index in [-0.39, 0.29) is 30.6 Å². The molecule has 0 unspecified atom stereocenters. The topological polar surface area (TPSA) is 129 Å². The second-order valence-electron chi connectivity index (χ2n) is 11.7.